The Morgan fingerprint density at radius 3 is 1.50 bits per heavy atom. The minimum Gasteiger partial charge on any atom is -0.128 e. The van der Waals surface area contributed by atoms with Crippen LogP contribution in [0.5, 0.6) is 0 Å². The Bertz CT molecular complexity index is 1180. The van der Waals surface area contributed by atoms with Gasteiger partial charge in [-0.15, -0.1) is 9.71 Å². The summed E-state index contributed by atoms with van der Waals surface area (Å²) in [6.07, 6.45) is 0. The summed E-state index contributed by atoms with van der Waals surface area (Å²) in [6, 6.07) is 13.8. The molecule has 32 heavy (non-hydrogen) atoms. The Kier molecular flexibility index (Phi) is 5.70. The molecule has 0 fully saturated rings. The molecule has 0 bridgehead atoms. The van der Waals surface area contributed by atoms with Gasteiger partial charge in [0.1, 0.15) is 0 Å². The van der Waals surface area contributed by atoms with Gasteiger partial charge in [-0.2, -0.15) is 0 Å². The molecule has 0 saturated heterocycles. The number of hydrogen-bond acceptors (Lipinski definition) is 2. The topological polar surface area (TPSA) is 18.6 Å². The third kappa shape index (κ3) is 3.85. The molecule has 3 nitrogen and oxygen atoms in total. The Morgan fingerprint density at radius 1 is 0.625 bits per heavy atom. The zero-order valence-corrected chi connectivity index (χ0v) is 21.1. The summed E-state index contributed by atoms with van der Waals surface area (Å²) in [5.74, 6) is 0. The monoisotopic (exact) mass is 426 g/mol. The van der Waals surface area contributed by atoms with E-state index in [0.29, 0.717) is 0 Å². The molecule has 0 spiro atoms. The number of anilines is 1. The van der Waals surface area contributed by atoms with Crippen LogP contribution in [-0.2, 0) is 0 Å². The highest BCUT2D eigenvalue weighted by Gasteiger charge is 2.41. The Labute approximate surface area is 193 Å². The van der Waals surface area contributed by atoms with Gasteiger partial charge in [0, 0.05) is 5.56 Å². The van der Waals surface area contributed by atoms with Gasteiger partial charge in [0.25, 0.3) is 0 Å². The van der Waals surface area contributed by atoms with Crippen molar-refractivity contribution < 1.29 is 4.70 Å². The van der Waals surface area contributed by atoms with Crippen LogP contribution in [0.4, 0.5) is 11.4 Å². The summed E-state index contributed by atoms with van der Waals surface area (Å²) in [6.45, 7) is 20.7. The predicted octanol–water partition coefficient (Wildman–Crippen LogP) is 7.74. The fourth-order valence-electron chi connectivity index (χ4n) is 5.84. The van der Waals surface area contributed by atoms with Crippen molar-refractivity contribution >= 4 is 11.4 Å². The molecule has 3 heteroatoms. The van der Waals surface area contributed by atoms with Gasteiger partial charge in [-0.1, -0.05) is 53.1 Å². The molecule has 3 aromatic carbocycles. The summed E-state index contributed by atoms with van der Waals surface area (Å²) in [4.78, 5) is 0. The number of hydrogen-bond donors (Lipinski definition) is 0. The molecule has 0 aliphatic carbocycles. The van der Waals surface area contributed by atoms with Crippen molar-refractivity contribution in [3.05, 3.63) is 92.0 Å². The summed E-state index contributed by atoms with van der Waals surface area (Å²) in [7, 11) is 0. The SMILES string of the molecule is Cc1cc(C)c(C2C[N+](c3c(C)cc(C)cc3C)=NN2c2c(C)cc(C)cc2C)c(C)c1. The number of aryl methyl sites for hydroxylation is 9. The van der Waals surface area contributed by atoms with Gasteiger partial charge in [0.2, 0.25) is 0 Å². The van der Waals surface area contributed by atoms with Crippen LogP contribution in [0.25, 0.3) is 0 Å². The van der Waals surface area contributed by atoms with E-state index in [1.54, 1.807) is 0 Å². The third-order valence-corrected chi connectivity index (χ3v) is 6.67. The molecule has 1 atom stereocenters. The van der Waals surface area contributed by atoms with Crippen LogP contribution in [0.1, 0.15) is 61.7 Å². The predicted molar refractivity (Wildman–Crippen MR) is 134 cm³/mol. The van der Waals surface area contributed by atoms with Gasteiger partial charge in [-0.05, 0) is 95.7 Å². The first-order valence-corrected chi connectivity index (χ1v) is 11.6. The van der Waals surface area contributed by atoms with E-state index in [1.165, 1.54) is 67.0 Å². The van der Waals surface area contributed by atoms with Crippen molar-refractivity contribution in [3.63, 3.8) is 0 Å². The van der Waals surface area contributed by atoms with E-state index in [9.17, 15) is 0 Å². The molecule has 1 heterocycles. The van der Waals surface area contributed by atoms with Crippen LogP contribution < -0.4 is 5.01 Å². The molecular weight excluding hydrogens is 390 g/mol. The maximum Gasteiger partial charge on any atom is 0.189 e. The van der Waals surface area contributed by atoms with Gasteiger partial charge < -0.3 is 0 Å². The second-order valence-electron chi connectivity index (χ2n) is 9.84. The van der Waals surface area contributed by atoms with Gasteiger partial charge in [0.15, 0.2) is 24.0 Å². The van der Waals surface area contributed by atoms with Gasteiger partial charge >= 0.3 is 0 Å². The minimum atomic E-state index is 0.163. The molecule has 4 rings (SSSR count). The number of nitrogens with zero attached hydrogens (tertiary/aromatic N) is 3. The Morgan fingerprint density at radius 2 is 1.03 bits per heavy atom. The Hall–Kier alpha value is -2.94. The lowest BCUT2D eigenvalue weighted by Gasteiger charge is -2.22. The number of benzene rings is 3. The normalized spacial score (nSPS) is 16.0. The van der Waals surface area contributed by atoms with Crippen LogP contribution in [0.15, 0.2) is 41.6 Å². The molecule has 0 saturated carbocycles. The average Bonchev–Trinajstić information content (AvgIpc) is 3.03. The lowest BCUT2D eigenvalue weighted by atomic mass is 9.92. The first-order chi connectivity index (χ1) is 15.1. The molecule has 0 aromatic heterocycles. The molecule has 1 aliphatic heterocycles. The van der Waals surface area contributed by atoms with Crippen molar-refractivity contribution in [2.45, 2.75) is 68.4 Å². The highest BCUT2D eigenvalue weighted by molar-refractivity contribution is 5.62. The maximum absolute atomic E-state index is 5.26. The van der Waals surface area contributed by atoms with Crippen molar-refractivity contribution in [1.82, 2.24) is 0 Å². The molecule has 3 aromatic rings. The van der Waals surface area contributed by atoms with Gasteiger partial charge in [0.05, 0.1) is 5.22 Å². The maximum atomic E-state index is 5.26. The van der Waals surface area contributed by atoms with E-state index in [2.05, 4.69) is 108 Å². The van der Waals surface area contributed by atoms with Crippen LogP contribution >= 0.6 is 0 Å². The highest BCUT2D eigenvalue weighted by atomic mass is 15.6. The first kappa shape index (κ1) is 22.3. The van der Waals surface area contributed by atoms with Gasteiger partial charge in [-0.3, -0.25) is 0 Å². The summed E-state index contributed by atoms with van der Waals surface area (Å²) in [5, 5.41) is 7.55. The second kappa shape index (κ2) is 8.20. The molecule has 166 valence electrons. The highest BCUT2D eigenvalue weighted by Crippen LogP contribution is 2.41. The zero-order valence-electron chi connectivity index (χ0n) is 21.1. The standard InChI is InChI=1S/C29H36N3/c1-17-10-20(4)27(21(5)11-17)26-16-31(28-22(6)12-18(2)13-23(28)7)30-32(26)29-24(8)14-19(3)15-25(29)9/h10-15,26H,16H2,1-9H3/q+1. The lowest BCUT2D eigenvalue weighted by molar-refractivity contribution is -0.500. The van der Waals surface area contributed by atoms with E-state index in [1.807, 2.05) is 0 Å². The minimum absolute atomic E-state index is 0.163. The molecule has 0 amide bonds. The summed E-state index contributed by atoms with van der Waals surface area (Å²) in [5.41, 5.74) is 15.6. The van der Waals surface area contributed by atoms with Gasteiger partial charge in [-0.25, -0.2) is 0 Å². The van der Waals surface area contributed by atoms with Crippen molar-refractivity contribution in [3.8, 4) is 0 Å². The number of rotatable bonds is 3. The fraction of sp³-hybridized carbons (Fsp3) is 0.379. The van der Waals surface area contributed by atoms with Crippen LogP contribution in [0, 0.1) is 62.3 Å². The van der Waals surface area contributed by atoms with Crippen LogP contribution in [-0.4, -0.2) is 11.2 Å². The quantitative estimate of drug-likeness (QED) is 0.392. The average molecular weight is 427 g/mol. The van der Waals surface area contributed by atoms with Crippen LogP contribution in [0.3, 0.4) is 0 Å². The Balaban J connectivity index is 1.94. The van der Waals surface area contributed by atoms with Crippen LogP contribution in [0.2, 0.25) is 0 Å². The van der Waals surface area contributed by atoms with Crippen molar-refractivity contribution in [2.75, 3.05) is 11.6 Å². The van der Waals surface area contributed by atoms with E-state index < -0.39 is 0 Å². The van der Waals surface area contributed by atoms with E-state index in [0.717, 1.165) is 6.54 Å². The molecule has 1 aliphatic rings. The molecule has 0 N–H and O–H groups in total. The second-order valence-corrected chi connectivity index (χ2v) is 9.84. The smallest absolute Gasteiger partial charge is 0.128 e. The third-order valence-electron chi connectivity index (χ3n) is 6.67. The summed E-state index contributed by atoms with van der Waals surface area (Å²) >= 11 is 0. The lowest BCUT2D eigenvalue weighted by Crippen LogP contribution is -2.24. The van der Waals surface area contributed by atoms with Crippen molar-refractivity contribution in [1.29, 1.82) is 0 Å². The van der Waals surface area contributed by atoms with E-state index in [4.69, 9.17) is 5.22 Å². The fourth-order valence-corrected chi connectivity index (χ4v) is 5.84. The largest absolute Gasteiger partial charge is 0.189 e. The summed E-state index contributed by atoms with van der Waals surface area (Å²) < 4.78 is 2.23. The van der Waals surface area contributed by atoms with Crippen molar-refractivity contribution in [2.24, 2.45) is 5.22 Å². The molecular formula is C29H36N3+. The molecule has 0 radical (unpaired) electrons. The van der Waals surface area contributed by atoms with E-state index >= 15 is 0 Å². The van der Waals surface area contributed by atoms with E-state index in [-0.39, 0.29) is 6.04 Å². The first-order valence-electron chi connectivity index (χ1n) is 11.6. The molecule has 1 unspecified atom stereocenters. The zero-order chi connectivity index (χ0) is 23.3.